The molecule has 1 N–H and O–H groups in total. The van der Waals surface area contributed by atoms with Gasteiger partial charge in [-0.2, -0.15) is 0 Å². The number of rotatable bonds is 4. The van der Waals surface area contributed by atoms with Crippen LogP contribution in [0, 0.1) is 20.8 Å². The van der Waals surface area contributed by atoms with Crippen molar-refractivity contribution in [1.82, 2.24) is 4.98 Å². The second kappa shape index (κ2) is 7.43. The van der Waals surface area contributed by atoms with Crippen molar-refractivity contribution in [2.24, 2.45) is 0 Å². The van der Waals surface area contributed by atoms with Gasteiger partial charge in [0.2, 0.25) is 5.91 Å². The lowest BCUT2D eigenvalue weighted by molar-refractivity contribution is -0.115. The molecular weight excluding hydrogens is 370 g/mol. The molecule has 3 aromatic rings. The second-order valence-corrected chi connectivity index (χ2v) is 7.09. The topological polar surface area (TPSA) is 84.7 Å². The minimum atomic E-state index is -0.419. The first-order chi connectivity index (χ1) is 13.9. The standard InChI is InChI=1S/C22H21N3O4/c1-13-4-6-17(15(3)10-13)28-12-16-5-7-18(29-16)22(27)25-11-19(26)24-20-14(2)8-9-23-21(20)25/h4-10H,11-12H2,1-3H3,(H,24,26). The van der Waals surface area contributed by atoms with Crippen molar-refractivity contribution < 1.29 is 18.7 Å². The number of ether oxygens (including phenoxy) is 1. The van der Waals surface area contributed by atoms with E-state index in [2.05, 4.69) is 10.3 Å². The van der Waals surface area contributed by atoms with Crippen LogP contribution in [0.3, 0.4) is 0 Å². The number of nitrogens with zero attached hydrogens (tertiary/aromatic N) is 2. The van der Waals surface area contributed by atoms with Gasteiger partial charge in [0, 0.05) is 6.20 Å². The van der Waals surface area contributed by atoms with Crippen molar-refractivity contribution in [3.8, 4) is 5.75 Å². The van der Waals surface area contributed by atoms with E-state index in [1.807, 2.05) is 39.0 Å². The maximum atomic E-state index is 13.0. The van der Waals surface area contributed by atoms with Gasteiger partial charge in [-0.25, -0.2) is 4.98 Å². The minimum Gasteiger partial charge on any atom is -0.485 e. The van der Waals surface area contributed by atoms with Gasteiger partial charge in [-0.05, 0) is 56.2 Å². The maximum absolute atomic E-state index is 13.0. The lowest BCUT2D eigenvalue weighted by Gasteiger charge is -2.28. The molecule has 7 nitrogen and oxygen atoms in total. The van der Waals surface area contributed by atoms with Gasteiger partial charge in [-0.3, -0.25) is 14.5 Å². The Labute approximate surface area is 168 Å². The van der Waals surface area contributed by atoms with E-state index in [9.17, 15) is 9.59 Å². The van der Waals surface area contributed by atoms with Crippen LogP contribution >= 0.6 is 0 Å². The molecule has 0 saturated carbocycles. The number of aromatic nitrogens is 1. The van der Waals surface area contributed by atoms with Crippen LogP contribution in [0.1, 0.15) is 33.0 Å². The maximum Gasteiger partial charge on any atom is 0.295 e. The monoisotopic (exact) mass is 391 g/mol. The molecule has 2 amide bonds. The van der Waals surface area contributed by atoms with Crippen LogP contribution in [0.2, 0.25) is 0 Å². The van der Waals surface area contributed by atoms with Crippen LogP contribution in [-0.2, 0) is 11.4 Å². The fraction of sp³-hybridized carbons (Fsp3) is 0.227. The van der Waals surface area contributed by atoms with E-state index in [0.717, 1.165) is 22.4 Å². The number of furan rings is 1. The molecule has 0 atom stereocenters. The van der Waals surface area contributed by atoms with Crippen LogP contribution in [0.25, 0.3) is 0 Å². The van der Waals surface area contributed by atoms with Gasteiger partial charge in [0.1, 0.15) is 24.7 Å². The smallest absolute Gasteiger partial charge is 0.295 e. The van der Waals surface area contributed by atoms with E-state index < -0.39 is 5.91 Å². The van der Waals surface area contributed by atoms with Crippen LogP contribution in [-0.4, -0.2) is 23.3 Å². The third-order valence-electron chi connectivity index (χ3n) is 4.78. The highest BCUT2D eigenvalue weighted by Gasteiger charge is 2.31. The molecule has 1 aliphatic rings. The summed E-state index contributed by atoms with van der Waals surface area (Å²) in [6.07, 6.45) is 1.61. The summed E-state index contributed by atoms with van der Waals surface area (Å²) in [7, 11) is 0. The van der Waals surface area contributed by atoms with Crippen molar-refractivity contribution >= 4 is 23.3 Å². The largest absolute Gasteiger partial charge is 0.485 e. The molecule has 0 radical (unpaired) electrons. The Morgan fingerprint density at radius 2 is 2.00 bits per heavy atom. The summed E-state index contributed by atoms with van der Waals surface area (Å²) < 4.78 is 11.5. The number of hydrogen-bond donors (Lipinski definition) is 1. The molecule has 0 spiro atoms. The summed E-state index contributed by atoms with van der Waals surface area (Å²) in [6, 6.07) is 11.0. The van der Waals surface area contributed by atoms with Crippen molar-refractivity contribution in [2.45, 2.75) is 27.4 Å². The van der Waals surface area contributed by atoms with Gasteiger partial charge in [-0.15, -0.1) is 0 Å². The first-order valence-electron chi connectivity index (χ1n) is 9.28. The third kappa shape index (κ3) is 3.71. The number of fused-ring (bicyclic) bond motifs is 1. The number of hydrogen-bond acceptors (Lipinski definition) is 5. The van der Waals surface area contributed by atoms with E-state index in [4.69, 9.17) is 9.15 Å². The molecule has 3 heterocycles. The molecule has 0 saturated heterocycles. The summed E-state index contributed by atoms with van der Waals surface area (Å²) in [5.41, 5.74) is 3.57. The van der Waals surface area contributed by atoms with Crippen LogP contribution in [0.5, 0.6) is 5.75 Å². The SMILES string of the molecule is Cc1ccc(OCc2ccc(C(=O)N3CC(=O)Nc4c(C)ccnc43)o2)c(C)c1. The molecule has 148 valence electrons. The van der Waals surface area contributed by atoms with Crippen LogP contribution in [0.15, 0.2) is 47.0 Å². The summed E-state index contributed by atoms with van der Waals surface area (Å²) in [5, 5.41) is 2.77. The van der Waals surface area contributed by atoms with Crippen LogP contribution in [0.4, 0.5) is 11.5 Å². The zero-order valence-electron chi connectivity index (χ0n) is 16.5. The first-order valence-corrected chi connectivity index (χ1v) is 9.28. The van der Waals surface area contributed by atoms with Gasteiger partial charge >= 0.3 is 0 Å². The van der Waals surface area contributed by atoms with Crippen LogP contribution < -0.4 is 15.0 Å². The molecule has 1 aromatic carbocycles. The van der Waals surface area contributed by atoms with Gasteiger partial charge in [0.25, 0.3) is 5.91 Å². The highest BCUT2D eigenvalue weighted by molar-refractivity contribution is 6.13. The van der Waals surface area contributed by atoms with Gasteiger partial charge < -0.3 is 14.5 Å². The summed E-state index contributed by atoms with van der Waals surface area (Å²) >= 11 is 0. The summed E-state index contributed by atoms with van der Waals surface area (Å²) in [5.74, 6) is 1.14. The Bertz CT molecular complexity index is 1100. The third-order valence-corrected chi connectivity index (χ3v) is 4.78. The lowest BCUT2D eigenvalue weighted by atomic mass is 10.1. The normalized spacial score (nSPS) is 13.1. The molecule has 0 aliphatic carbocycles. The van der Waals surface area contributed by atoms with Gasteiger partial charge in [0.05, 0.1) is 5.69 Å². The number of nitrogens with one attached hydrogen (secondary N) is 1. The van der Waals surface area contributed by atoms with E-state index in [-0.39, 0.29) is 24.8 Å². The van der Waals surface area contributed by atoms with E-state index >= 15 is 0 Å². The lowest BCUT2D eigenvalue weighted by Crippen LogP contribution is -2.42. The summed E-state index contributed by atoms with van der Waals surface area (Å²) in [6.45, 7) is 5.94. The number of anilines is 2. The van der Waals surface area contributed by atoms with Gasteiger partial charge in [0.15, 0.2) is 11.6 Å². The molecule has 0 bridgehead atoms. The quantitative estimate of drug-likeness (QED) is 0.732. The minimum absolute atomic E-state index is 0.114. The predicted molar refractivity (Wildman–Crippen MR) is 108 cm³/mol. The Morgan fingerprint density at radius 1 is 1.17 bits per heavy atom. The molecular formula is C22H21N3O4. The van der Waals surface area contributed by atoms with E-state index in [0.29, 0.717) is 17.3 Å². The summed E-state index contributed by atoms with van der Waals surface area (Å²) in [4.78, 5) is 30.6. The molecule has 0 unspecified atom stereocenters. The fourth-order valence-corrected chi connectivity index (χ4v) is 3.28. The molecule has 0 fully saturated rings. The zero-order valence-corrected chi connectivity index (χ0v) is 16.5. The highest BCUT2D eigenvalue weighted by atomic mass is 16.5. The number of benzene rings is 1. The number of carbonyl (C=O) groups excluding carboxylic acids is 2. The average Bonchev–Trinajstić information content (AvgIpc) is 3.16. The van der Waals surface area contributed by atoms with E-state index in [1.54, 1.807) is 24.4 Å². The molecule has 4 rings (SSSR count). The number of carbonyl (C=O) groups is 2. The second-order valence-electron chi connectivity index (χ2n) is 7.09. The Kier molecular flexibility index (Phi) is 4.80. The molecule has 1 aliphatic heterocycles. The highest BCUT2D eigenvalue weighted by Crippen LogP contribution is 2.31. The zero-order chi connectivity index (χ0) is 20.5. The molecule has 7 heteroatoms. The Balaban J connectivity index is 1.52. The van der Waals surface area contributed by atoms with Crippen molar-refractivity contribution in [3.05, 3.63) is 70.8 Å². The van der Waals surface area contributed by atoms with Crippen molar-refractivity contribution in [1.29, 1.82) is 0 Å². The molecule has 2 aromatic heterocycles. The Morgan fingerprint density at radius 3 is 2.79 bits per heavy atom. The average molecular weight is 391 g/mol. The first kappa shape index (κ1) is 18.7. The van der Waals surface area contributed by atoms with Crippen molar-refractivity contribution in [3.63, 3.8) is 0 Å². The van der Waals surface area contributed by atoms with Crippen molar-refractivity contribution in [2.75, 3.05) is 16.8 Å². The van der Waals surface area contributed by atoms with E-state index in [1.165, 1.54) is 4.90 Å². The molecule has 29 heavy (non-hydrogen) atoms. The van der Waals surface area contributed by atoms with Gasteiger partial charge in [-0.1, -0.05) is 17.7 Å². The Hall–Kier alpha value is -3.61. The fourth-order valence-electron chi connectivity index (χ4n) is 3.28. The number of pyridine rings is 1. The number of amides is 2. The number of aryl methyl sites for hydroxylation is 3. The predicted octanol–water partition coefficient (Wildman–Crippen LogP) is 3.78.